The number of hydrogen-bond donors (Lipinski definition) is 1. The summed E-state index contributed by atoms with van der Waals surface area (Å²) >= 11 is 0. The molecule has 1 aromatic carbocycles. The average molecular weight is 388 g/mol. The predicted molar refractivity (Wildman–Crippen MR) is 105 cm³/mol. The van der Waals surface area contributed by atoms with Crippen LogP contribution in [0.2, 0.25) is 0 Å². The van der Waals surface area contributed by atoms with Crippen LogP contribution >= 0.6 is 0 Å². The second-order valence-electron chi connectivity index (χ2n) is 6.74. The maximum Gasteiger partial charge on any atom is 0.341 e. The van der Waals surface area contributed by atoms with Gasteiger partial charge in [-0.05, 0) is 30.7 Å². The quantitative estimate of drug-likeness (QED) is 0.697. The molecule has 7 heteroatoms. The molecule has 0 saturated carbocycles. The van der Waals surface area contributed by atoms with Gasteiger partial charge >= 0.3 is 5.97 Å². The number of morpholine rings is 1. The number of carbonyl (C=O) groups is 1. The second kappa shape index (κ2) is 9.73. The van der Waals surface area contributed by atoms with Crippen LogP contribution in [-0.4, -0.2) is 57.9 Å². The largest absolute Gasteiger partial charge is 0.497 e. The summed E-state index contributed by atoms with van der Waals surface area (Å²) in [5.74, 6) is 1.76. The predicted octanol–water partition coefficient (Wildman–Crippen LogP) is 2.55. The molecule has 2 aromatic rings. The summed E-state index contributed by atoms with van der Waals surface area (Å²) in [6.45, 7) is 6.33. The second-order valence-corrected chi connectivity index (χ2v) is 6.74. The third-order valence-corrected chi connectivity index (χ3v) is 5.00. The smallest absolute Gasteiger partial charge is 0.341 e. The minimum absolute atomic E-state index is 0.214. The van der Waals surface area contributed by atoms with Crippen molar-refractivity contribution < 1.29 is 23.4 Å². The minimum atomic E-state index is -0.378. The third kappa shape index (κ3) is 4.92. The SMILES string of the molecule is COC(=O)c1cc(CNCC(c2ccc(OC)cc2)N2CCOCC2)oc1C. The van der Waals surface area contributed by atoms with Crippen LogP contribution in [0.15, 0.2) is 34.7 Å². The summed E-state index contributed by atoms with van der Waals surface area (Å²) < 4.78 is 21.2. The van der Waals surface area contributed by atoms with Gasteiger partial charge in [-0.2, -0.15) is 0 Å². The molecule has 1 fully saturated rings. The Morgan fingerprint density at radius 1 is 1.21 bits per heavy atom. The monoisotopic (exact) mass is 388 g/mol. The van der Waals surface area contributed by atoms with E-state index in [1.807, 2.05) is 12.1 Å². The van der Waals surface area contributed by atoms with Crippen molar-refractivity contribution in [1.82, 2.24) is 10.2 Å². The van der Waals surface area contributed by atoms with Gasteiger partial charge in [0.05, 0.1) is 34.0 Å². The molecule has 1 atom stereocenters. The van der Waals surface area contributed by atoms with Gasteiger partial charge in [0.1, 0.15) is 22.8 Å². The number of aryl methyl sites for hydroxylation is 1. The normalized spacial score (nSPS) is 16.0. The van der Waals surface area contributed by atoms with Gasteiger partial charge in [0.2, 0.25) is 0 Å². The van der Waals surface area contributed by atoms with Crippen LogP contribution in [0.3, 0.4) is 0 Å². The summed E-state index contributed by atoms with van der Waals surface area (Å²) in [5.41, 5.74) is 1.69. The molecule has 7 nitrogen and oxygen atoms in total. The number of carbonyl (C=O) groups excluding carboxylic acids is 1. The van der Waals surface area contributed by atoms with Crippen LogP contribution in [0.4, 0.5) is 0 Å². The zero-order valence-corrected chi connectivity index (χ0v) is 16.7. The first kappa shape index (κ1) is 20.4. The molecule has 1 N–H and O–H groups in total. The third-order valence-electron chi connectivity index (χ3n) is 5.00. The summed E-state index contributed by atoms with van der Waals surface area (Å²) in [5, 5.41) is 3.46. The number of nitrogens with one attached hydrogen (secondary N) is 1. The molecule has 1 aliphatic rings. The zero-order chi connectivity index (χ0) is 19.9. The van der Waals surface area contributed by atoms with E-state index in [-0.39, 0.29) is 12.0 Å². The first-order chi connectivity index (χ1) is 13.6. The number of nitrogens with zero attached hydrogens (tertiary/aromatic N) is 1. The van der Waals surface area contributed by atoms with Crippen molar-refractivity contribution in [3.05, 3.63) is 53.0 Å². The fraction of sp³-hybridized carbons (Fsp3) is 0.476. The van der Waals surface area contributed by atoms with Crippen LogP contribution in [0, 0.1) is 6.92 Å². The van der Waals surface area contributed by atoms with Crippen molar-refractivity contribution in [2.45, 2.75) is 19.5 Å². The van der Waals surface area contributed by atoms with Crippen LogP contribution in [0.1, 0.15) is 33.5 Å². The number of rotatable bonds is 8. The summed E-state index contributed by atoms with van der Waals surface area (Å²) in [6.07, 6.45) is 0. The van der Waals surface area contributed by atoms with Gasteiger partial charge in [0.25, 0.3) is 0 Å². The van der Waals surface area contributed by atoms with E-state index in [0.717, 1.165) is 38.6 Å². The molecule has 3 rings (SSSR count). The van der Waals surface area contributed by atoms with Gasteiger partial charge in [0, 0.05) is 25.7 Å². The lowest BCUT2D eigenvalue weighted by molar-refractivity contribution is 0.0160. The van der Waals surface area contributed by atoms with Gasteiger partial charge in [-0.15, -0.1) is 0 Å². The number of benzene rings is 1. The van der Waals surface area contributed by atoms with E-state index in [1.54, 1.807) is 20.1 Å². The highest BCUT2D eigenvalue weighted by Gasteiger charge is 2.23. The Hall–Kier alpha value is -2.35. The van der Waals surface area contributed by atoms with Crippen LogP contribution in [0.25, 0.3) is 0 Å². The Kier molecular flexibility index (Phi) is 7.08. The zero-order valence-electron chi connectivity index (χ0n) is 16.7. The maximum absolute atomic E-state index is 11.7. The average Bonchev–Trinajstić information content (AvgIpc) is 3.12. The van der Waals surface area contributed by atoms with Crippen molar-refractivity contribution in [3.8, 4) is 5.75 Å². The lowest BCUT2D eigenvalue weighted by Crippen LogP contribution is -2.42. The molecule has 2 heterocycles. The van der Waals surface area contributed by atoms with E-state index < -0.39 is 0 Å². The Labute approximate surface area is 165 Å². The van der Waals surface area contributed by atoms with E-state index in [9.17, 15) is 4.79 Å². The van der Waals surface area contributed by atoms with Crippen molar-refractivity contribution >= 4 is 5.97 Å². The highest BCUT2D eigenvalue weighted by molar-refractivity contribution is 5.90. The van der Waals surface area contributed by atoms with Gasteiger partial charge in [0.15, 0.2) is 0 Å². The summed E-state index contributed by atoms with van der Waals surface area (Å²) in [4.78, 5) is 14.2. The Bertz CT molecular complexity index is 766. The Balaban J connectivity index is 1.66. The molecule has 1 aliphatic heterocycles. The molecule has 0 aliphatic carbocycles. The molecule has 152 valence electrons. The van der Waals surface area contributed by atoms with Crippen molar-refractivity contribution in [1.29, 1.82) is 0 Å². The molecular formula is C21H28N2O5. The molecule has 1 saturated heterocycles. The first-order valence-corrected chi connectivity index (χ1v) is 9.46. The molecule has 0 radical (unpaired) electrons. The topological polar surface area (TPSA) is 73.2 Å². The number of hydrogen-bond acceptors (Lipinski definition) is 7. The van der Waals surface area contributed by atoms with E-state index >= 15 is 0 Å². The maximum atomic E-state index is 11.7. The van der Waals surface area contributed by atoms with Crippen LogP contribution in [0.5, 0.6) is 5.75 Å². The number of ether oxygens (including phenoxy) is 3. The van der Waals surface area contributed by atoms with Crippen LogP contribution < -0.4 is 10.1 Å². The molecule has 0 spiro atoms. The summed E-state index contributed by atoms with van der Waals surface area (Å²) in [7, 11) is 3.04. The van der Waals surface area contributed by atoms with Gasteiger partial charge in [-0.1, -0.05) is 12.1 Å². The molecular weight excluding hydrogens is 360 g/mol. The lowest BCUT2D eigenvalue weighted by atomic mass is 10.0. The molecule has 1 unspecified atom stereocenters. The van der Waals surface area contributed by atoms with E-state index in [2.05, 4.69) is 22.3 Å². The molecule has 0 bridgehead atoms. The van der Waals surface area contributed by atoms with Crippen molar-refractivity contribution in [3.63, 3.8) is 0 Å². The van der Waals surface area contributed by atoms with Crippen molar-refractivity contribution in [2.24, 2.45) is 0 Å². The molecule has 28 heavy (non-hydrogen) atoms. The van der Waals surface area contributed by atoms with E-state index in [0.29, 0.717) is 23.6 Å². The summed E-state index contributed by atoms with van der Waals surface area (Å²) in [6, 6.07) is 10.1. The lowest BCUT2D eigenvalue weighted by Gasteiger charge is -2.35. The highest BCUT2D eigenvalue weighted by atomic mass is 16.5. The minimum Gasteiger partial charge on any atom is -0.497 e. The standard InChI is InChI=1S/C21H28N2O5/c1-15-19(21(24)26-3)12-18(28-15)13-22-14-20(23-8-10-27-11-9-23)16-4-6-17(25-2)7-5-16/h4-7,12,20,22H,8-11,13-14H2,1-3H3. The number of esters is 1. The molecule has 1 aromatic heterocycles. The van der Waals surface area contributed by atoms with E-state index in [1.165, 1.54) is 12.7 Å². The van der Waals surface area contributed by atoms with Gasteiger partial charge < -0.3 is 23.9 Å². The van der Waals surface area contributed by atoms with Gasteiger partial charge in [-0.3, -0.25) is 4.90 Å². The first-order valence-electron chi connectivity index (χ1n) is 9.46. The van der Waals surface area contributed by atoms with Crippen molar-refractivity contribution in [2.75, 3.05) is 47.1 Å². The molecule has 0 amide bonds. The number of methoxy groups -OCH3 is 2. The Morgan fingerprint density at radius 3 is 2.57 bits per heavy atom. The van der Waals surface area contributed by atoms with Crippen LogP contribution in [-0.2, 0) is 16.0 Å². The fourth-order valence-electron chi connectivity index (χ4n) is 3.45. The van der Waals surface area contributed by atoms with E-state index in [4.69, 9.17) is 18.6 Å². The highest BCUT2D eigenvalue weighted by Crippen LogP contribution is 2.24. The van der Waals surface area contributed by atoms with Gasteiger partial charge in [-0.25, -0.2) is 4.79 Å². The number of furan rings is 1. The Morgan fingerprint density at radius 2 is 1.93 bits per heavy atom. The fourth-order valence-corrected chi connectivity index (χ4v) is 3.45.